The molecule has 130 valence electrons. The van der Waals surface area contributed by atoms with E-state index in [1.165, 1.54) is 11.3 Å². The quantitative estimate of drug-likeness (QED) is 0.849. The number of amides is 1. The summed E-state index contributed by atoms with van der Waals surface area (Å²) in [6.45, 7) is 5.11. The lowest BCUT2D eigenvalue weighted by molar-refractivity contribution is -0.169. The van der Waals surface area contributed by atoms with E-state index >= 15 is 0 Å². The van der Waals surface area contributed by atoms with Crippen LogP contribution in [0.25, 0.3) is 0 Å². The largest absolute Gasteiger partial charge is 0.371 e. The highest BCUT2D eigenvalue weighted by Gasteiger charge is 2.40. The molecule has 0 bridgehead atoms. The Labute approximate surface area is 143 Å². The van der Waals surface area contributed by atoms with Crippen LogP contribution in [0.1, 0.15) is 31.2 Å². The molecule has 24 heavy (non-hydrogen) atoms. The smallest absolute Gasteiger partial charge is 0.222 e. The molecule has 3 saturated heterocycles. The van der Waals surface area contributed by atoms with E-state index in [2.05, 4.69) is 29.2 Å². The Morgan fingerprint density at radius 1 is 1.04 bits per heavy atom. The van der Waals surface area contributed by atoms with Crippen LogP contribution in [0.5, 0.6) is 0 Å². The van der Waals surface area contributed by atoms with Crippen molar-refractivity contribution >= 4 is 11.6 Å². The fraction of sp³-hybridized carbons (Fsp3) is 0.632. The predicted octanol–water partition coefficient (Wildman–Crippen LogP) is 2.19. The number of nitrogens with zero attached hydrogens (tertiary/aromatic N) is 2. The standard InChI is InChI=1S/C19H26N2O3/c22-18-6-3-10-21(18)11-7-16-4-1-2-5-17(16)20-12-8-19(9-13-20)23-14-15-24-19/h1-2,4-5H,3,6-15H2. The van der Waals surface area contributed by atoms with Crippen molar-refractivity contribution in [3.05, 3.63) is 29.8 Å². The van der Waals surface area contributed by atoms with Crippen molar-refractivity contribution in [2.24, 2.45) is 0 Å². The van der Waals surface area contributed by atoms with Crippen LogP contribution >= 0.6 is 0 Å². The number of rotatable bonds is 4. The molecule has 1 aromatic carbocycles. The van der Waals surface area contributed by atoms with Crippen LogP contribution in [0.2, 0.25) is 0 Å². The van der Waals surface area contributed by atoms with E-state index in [1.54, 1.807) is 0 Å². The van der Waals surface area contributed by atoms with Crippen LogP contribution in [0.3, 0.4) is 0 Å². The summed E-state index contributed by atoms with van der Waals surface area (Å²) in [7, 11) is 0. The van der Waals surface area contributed by atoms with Crippen molar-refractivity contribution in [1.82, 2.24) is 4.90 Å². The number of likely N-dealkylation sites (tertiary alicyclic amines) is 1. The maximum Gasteiger partial charge on any atom is 0.222 e. The molecule has 5 nitrogen and oxygen atoms in total. The van der Waals surface area contributed by atoms with Crippen molar-refractivity contribution in [1.29, 1.82) is 0 Å². The first-order valence-corrected chi connectivity index (χ1v) is 9.14. The second-order valence-corrected chi connectivity index (χ2v) is 6.96. The second-order valence-electron chi connectivity index (χ2n) is 6.96. The number of carbonyl (C=O) groups excluding carboxylic acids is 1. The van der Waals surface area contributed by atoms with Gasteiger partial charge in [-0.25, -0.2) is 0 Å². The molecule has 3 aliphatic rings. The Bertz CT molecular complexity index is 588. The highest BCUT2D eigenvalue weighted by atomic mass is 16.7. The minimum absolute atomic E-state index is 0.308. The second kappa shape index (κ2) is 6.73. The first-order valence-electron chi connectivity index (χ1n) is 9.14. The van der Waals surface area contributed by atoms with E-state index in [9.17, 15) is 4.79 Å². The van der Waals surface area contributed by atoms with Gasteiger partial charge in [0.05, 0.1) is 13.2 Å². The van der Waals surface area contributed by atoms with Gasteiger partial charge in [0.2, 0.25) is 5.91 Å². The number of hydrogen-bond donors (Lipinski definition) is 0. The van der Waals surface area contributed by atoms with E-state index in [0.29, 0.717) is 5.91 Å². The predicted molar refractivity (Wildman–Crippen MR) is 92.0 cm³/mol. The lowest BCUT2D eigenvalue weighted by Crippen LogP contribution is -2.45. The number of carbonyl (C=O) groups is 1. The van der Waals surface area contributed by atoms with E-state index in [1.807, 2.05) is 4.90 Å². The lowest BCUT2D eigenvalue weighted by Gasteiger charge is -2.39. The van der Waals surface area contributed by atoms with Gasteiger partial charge in [0.15, 0.2) is 5.79 Å². The van der Waals surface area contributed by atoms with Crippen molar-refractivity contribution in [2.45, 2.75) is 37.9 Å². The molecule has 0 saturated carbocycles. The van der Waals surface area contributed by atoms with Crippen LogP contribution in [-0.2, 0) is 20.7 Å². The van der Waals surface area contributed by atoms with Crippen LogP contribution < -0.4 is 4.90 Å². The summed E-state index contributed by atoms with van der Waals surface area (Å²) in [5.74, 6) is -0.0177. The number of piperidine rings is 1. The first-order chi connectivity index (χ1) is 11.8. The molecule has 1 spiro atoms. The molecule has 0 radical (unpaired) electrons. The van der Waals surface area contributed by atoms with Crippen LogP contribution in [-0.4, -0.2) is 56.0 Å². The Morgan fingerprint density at radius 3 is 2.50 bits per heavy atom. The maximum atomic E-state index is 11.8. The van der Waals surface area contributed by atoms with Gasteiger partial charge in [0.25, 0.3) is 0 Å². The highest BCUT2D eigenvalue weighted by molar-refractivity contribution is 5.78. The SMILES string of the molecule is O=C1CCCN1CCc1ccccc1N1CCC2(CC1)OCCO2. The Morgan fingerprint density at radius 2 is 1.79 bits per heavy atom. The highest BCUT2D eigenvalue weighted by Crippen LogP contribution is 2.34. The fourth-order valence-corrected chi connectivity index (χ4v) is 4.10. The van der Waals surface area contributed by atoms with Crippen molar-refractivity contribution in [3.63, 3.8) is 0 Å². The average Bonchev–Trinajstić information content (AvgIpc) is 3.24. The molecule has 4 rings (SSSR count). The molecule has 0 N–H and O–H groups in total. The summed E-state index contributed by atoms with van der Waals surface area (Å²) in [5, 5.41) is 0. The van der Waals surface area contributed by atoms with Gasteiger partial charge in [-0.3, -0.25) is 4.79 Å². The van der Waals surface area contributed by atoms with Crippen LogP contribution in [0.15, 0.2) is 24.3 Å². The molecular formula is C19H26N2O3. The summed E-state index contributed by atoms with van der Waals surface area (Å²) in [5.41, 5.74) is 2.64. The van der Waals surface area contributed by atoms with Gasteiger partial charge in [0, 0.05) is 51.1 Å². The molecule has 0 atom stereocenters. The average molecular weight is 330 g/mol. The summed E-state index contributed by atoms with van der Waals surface area (Å²) in [4.78, 5) is 16.3. The van der Waals surface area contributed by atoms with Gasteiger partial charge in [0.1, 0.15) is 0 Å². The third kappa shape index (κ3) is 3.15. The third-order valence-electron chi connectivity index (χ3n) is 5.49. The zero-order chi connectivity index (χ0) is 16.4. The molecule has 0 aliphatic carbocycles. The fourth-order valence-electron chi connectivity index (χ4n) is 4.10. The lowest BCUT2D eigenvalue weighted by atomic mass is 10.0. The number of ether oxygens (including phenoxy) is 2. The first kappa shape index (κ1) is 15.9. The molecule has 1 aromatic rings. The van der Waals surface area contributed by atoms with Crippen molar-refractivity contribution in [3.8, 4) is 0 Å². The number of anilines is 1. The molecule has 3 aliphatic heterocycles. The normalized spacial score (nSPS) is 23.4. The third-order valence-corrected chi connectivity index (χ3v) is 5.49. The Balaban J connectivity index is 1.41. The summed E-state index contributed by atoms with van der Waals surface area (Å²) >= 11 is 0. The molecule has 1 amide bonds. The van der Waals surface area contributed by atoms with E-state index in [4.69, 9.17) is 9.47 Å². The summed E-state index contributed by atoms with van der Waals surface area (Å²) < 4.78 is 11.7. The minimum atomic E-state index is -0.326. The van der Waals surface area contributed by atoms with Gasteiger partial charge in [-0.05, 0) is 24.5 Å². The van der Waals surface area contributed by atoms with Gasteiger partial charge in [-0.15, -0.1) is 0 Å². The molecule has 3 heterocycles. The van der Waals surface area contributed by atoms with E-state index in [0.717, 1.165) is 71.5 Å². The van der Waals surface area contributed by atoms with Gasteiger partial charge < -0.3 is 19.3 Å². The number of para-hydroxylation sites is 1. The number of hydrogen-bond acceptors (Lipinski definition) is 4. The van der Waals surface area contributed by atoms with E-state index in [-0.39, 0.29) is 5.79 Å². The monoisotopic (exact) mass is 330 g/mol. The molecule has 3 fully saturated rings. The zero-order valence-corrected chi connectivity index (χ0v) is 14.2. The topological polar surface area (TPSA) is 42.0 Å². The Kier molecular flexibility index (Phi) is 4.46. The molecule has 5 heteroatoms. The molecule has 0 unspecified atom stereocenters. The van der Waals surface area contributed by atoms with Crippen molar-refractivity contribution < 1.29 is 14.3 Å². The van der Waals surface area contributed by atoms with Crippen LogP contribution in [0, 0.1) is 0 Å². The number of benzene rings is 1. The zero-order valence-electron chi connectivity index (χ0n) is 14.2. The van der Waals surface area contributed by atoms with Crippen molar-refractivity contribution in [2.75, 3.05) is 44.3 Å². The van der Waals surface area contributed by atoms with Crippen LogP contribution in [0.4, 0.5) is 5.69 Å². The maximum absolute atomic E-state index is 11.8. The van der Waals surface area contributed by atoms with E-state index < -0.39 is 0 Å². The molecular weight excluding hydrogens is 304 g/mol. The summed E-state index contributed by atoms with van der Waals surface area (Å²) in [6.07, 6.45) is 4.50. The Hall–Kier alpha value is -1.59. The van der Waals surface area contributed by atoms with Gasteiger partial charge >= 0.3 is 0 Å². The summed E-state index contributed by atoms with van der Waals surface area (Å²) in [6, 6.07) is 8.60. The molecule has 0 aromatic heterocycles. The van der Waals surface area contributed by atoms with Gasteiger partial charge in [-0.2, -0.15) is 0 Å². The minimum Gasteiger partial charge on any atom is -0.371 e. The van der Waals surface area contributed by atoms with Gasteiger partial charge in [-0.1, -0.05) is 18.2 Å².